The zero-order chi connectivity index (χ0) is 17.0. The fraction of sp³-hybridized carbons (Fsp3) is 0.611. The van der Waals surface area contributed by atoms with Crippen LogP contribution in [0, 0.1) is 0 Å². The molecule has 1 aromatic carbocycles. The van der Waals surface area contributed by atoms with Gasteiger partial charge in [-0.2, -0.15) is 0 Å². The lowest BCUT2D eigenvalue weighted by atomic mass is 10.1. The number of ether oxygens (including phenoxy) is 3. The van der Waals surface area contributed by atoms with E-state index in [0.717, 1.165) is 29.9 Å². The first-order valence-electron chi connectivity index (χ1n) is 7.99. The molecule has 1 aliphatic carbocycles. The summed E-state index contributed by atoms with van der Waals surface area (Å²) in [6, 6.07) is 6.17. The van der Waals surface area contributed by atoms with Gasteiger partial charge in [0.25, 0.3) is 0 Å². The average molecular weight is 321 g/mol. The van der Waals surface area contributed by atoms with Gasteiger partial charge in [0.1, 0.15) is 17.1 Å². The molecule has 5 heteroatoms. The van der Waals surface area contributed by atoms with Crippen LogP contribution in [-0.2, 0) is 16.1 Å². The van der Waals surface area contributed by atoms with Gasteiger partial charge in [0.2, 0.25) is 0 Å². The molecule has 1 fully saturated rings. The molecule has 0 aromatic heterocycles. The van der Waals surface area contributed by atoms with Gasteiger partial charge in [0.05, 0.1) is 20.8 Å². The summed E-state index contributed by atoms with van der Waals surface area (Å²) in [5.74, 6) is 1.40. The van der Waals surface area contributed by atoms with E-state index in [4.69, 9.17) is 14.2 Å². The van der Waals surface area contributed by atoms with Crippen LogP contribution in [0.4, 0.5) is 0 Å². The Kier molecular flexibility index (Phi) is 5.52. The van der Waals surface area contributed by atoms with Crippen LogP contribution in [0.5, 0.6) is 11.5 Å². The van der Waals surface area contributed by atoms with Gasteiger partial charge in [0, 0.05) is 18.2 Å². The molecule has 0 unspecified atom stereocenters. The maximum absolute atomic E-state index is 12.1. The number of carbonyl (C=O) groups is 1. The molecule has 5 nitrogen and oxygen atoms in total. The van der Waals surface area contributed by atoms with Crippen molar-refractivity contribution in [1.29, 1.82) is 0 Å². The summed E-state index contributed by atoms with van der Waals surface area (Å²) in [7, 11) is 3.30. The van der Waals surface area contributed by atoms with Crippen molar-refractivity contribution in [2.75, 3.05) is 20.8 Å². The van der Waals surface area contributed by atoms with E-state index in [9.17, 15) is 4.79 Å². The topological polar surface area (TPSA) is 48.0 Å². The van der Waals surface area contributed by atoms with Crippen molar-refractivity contribution in [3.63, 3.8) is 0 Å². The van der Waals surface area contributed by atoms with E-state index in [2.05, 4.69) is 4.90 Å². The van der Waals surface area contributed by atoms with Crippen molar-refractivity contribution in [1.82, 2.24) is 4.90 Å². The van der Waals surface area contributed by atoms with E-state index in [1.165, 1.54) is 0 Å². The van der Waals surface area contributed by atoms with E-state index < -0.39 is 5.60 Å². The summed E-state index contributed by atoms with van der Waals surface area (Å²) < 4.78 is 16.2. The van der Waals surface area contributed by atoms with Crippen LogP contribution in [0.3, 0.4) is 0 Å². The molecule has 23 heavy (non-hydrogen) atoms. The van der Waals surface area contributed by atoms with Gasteiger partial charge in [0.15, 0.2) is 0 Å². The number of hydrogen-bond acceptors (Lipinski definition) is 5. The van der Waals surface area contributed by atoms with Crippen LogP contribution in [0.15, 0.2) is 18.2 Å². The third-order valence-electron chi connectivity index (χ3n) is 3.68. The monoisotopic (exact) mass is 321 g/mol. The van der Waals surface area contributed by atoms with E-state index in [1.54, 1.807) is 14.2 Å². The molecule has 0 saturated heterocycles. The summed E-state index contributed by atoms with van der Waals surface area (Å²) in [5.41, 5.74) is 0.558. The SMILES string of the molecule is COc1ccc(OC)c(CN(CC(=O)OC(C)(C)C)C2CC2)c1. The molecule has 0 heterocycles. The smallest absolute Gasteiger partial charge is 0.320 e. The molecule has 0 bridgehead atoms. The van der Waals surface area contributed by atoms with Crippen LogP contribution in [0.2, 0.25) is 0 Å². The summed E-state index contributed by atoms with van der Waals surface area (Å²) >= 11 is 0. The first-order chi connectivity index (χ1) is 10.8. The fourth-order valence-corrected chi connectivity index (χ4v) is 2.52. The Morgan fingerprint density at radius 1 is 1.22 bits per heavy atom. The maximum atomic E-state index is 12.1. The average Bonchev–Trinajstić information content (AvgIpc) is 3.29. The molecule has 1 aliphatic rings. The van der Waals surface area contributed by atoms with Crippen molar-refractivity contribution >= 4 is 5.97 Å². The molecular weight excluding hydrogens is 294 g/mol. The van der Waals surface area contributed by atoms with Crippen LogP contribution < -0.4 is 9.47 Å². The summed E-state index contributed by atoms with van der Waals surface area (Å²) in [4.78, 5) is 14.3. The molecule has 0 N–H and O–H groups in total. The quantitative estimate of drug-likeness (QED) is 0.723. The maximum Gasteiger partial charge on any atom is 0.320 e. The predicted octanol–water partition coefficient (Wildman–Crippen LogP) is 3.01. The normalized spacial score (nSPS) is 14.7. The van der Waals surface area contributed by atoms with Crippen LogP contribution >= 0.6 is 0 Å². The molecule has 2 rings (SSSR count). The van der Waals surface area contributed by atoms with Crippen molar-refractivity contribution < 1.29 is 19.0 Å². The standard InChI is InChI=1S/C18H27NO4/c1-18(2,3)23-17(20)12-19(14-6-7-14)11-13-10-15(21-4)8-9-16(13)22-5/h8-10,14H,6-7,11-12H2,1-5H3. The van der Waals surface area contributed by atoms with E-state index in [0.29, 0.717) is 19.1 Å². The first-order valence-corrected chi connectivity index (χ1v) is 7.99. The largest absolute Gasteiger partial charge is 0.497 e. The van der Waals surface area contributed by atoms with E-state index >= 15 is 0 Å². The van der Waals surface area contributed by atoms with E-state index in [-0.39, 0.29) is 5.97 Å². The Hall–Kier alpha value is -1.75. The second kappa shape index (κ2) is 7.21. The first kappa shape index (κ1) is 17.6. The van der Waals surface area contributed by atoms with Crippen LogP contribution in [-0.4, -0.2) is 43.3 Å². The Labute approximate surface area is 138 Å². The lowest BCUT2D eigenvalue weighted by Crippen LogP contribution is -2.36. The van der Waals surface area contributed by atoms with Crippen molar-refractivity contribution in [2.45, 2.75) is 51.8 Å². The highest BCUT2D eigenvalue weighted by Crippen LogP contribution is 2.31. The zero-order valence-corrected chi connectivity index (χ0v) is 14.7. The second-order valence-electron chi connectivity index (χ2n) is 6.90. The third-order valence-corrected chi connectivity index (χ3v) is 3.68. The summed E-state index contributed by atoms with van der Waals surface area (Å²) in [6.45, 7) is 6.60. The molecule has 1 saturated carbocycles. The van der Waals surface area contributed by atoms with Gasteiger partial charge in [-0.25, -0.2) is 0 Å². The van der Waals surface area contributed by atoms with Crippen molar-refractivity contribution in [3.8, 4) is 11.5 Å². The van der Waals surface area contributed by atoms with Crippen LogP contribution in [0.25, 0.3) is 0 Å². The van der Waals surface area contributed by atoms with Gasteiger partial charge < -0.3 is 14.2 Å². The Morgan fingerprint density at radius 3 is 2.43 bits per heavy atom. The minimum absolute atomic E-state index is 0.189. The molecule has 128 valence electrons. The lowest BCUT2D eigenvalue weighted by Gasteiger charge is -2.25. The van der Waals surface area contributed by atoms with Gasteiger partial charge in [-0.1, -0.05) is 0 Å². The molecule has 0 aliphatic heterocycles. The Balaban J connectivity index is 2.09. The van der Waals surface area contributed by atoms with Crippen molar-refractivity contribution in [3.05, 3.63) is 23.8 Å². The highest BCUT2D eigenvalue weighted by atomic mass is 16.6. The summed E-state index contributed by atoms with van der Waals surface area (Å²) in [5, 5.41) is 0. The van der Waals surface area contributed by atoms with Gasteiger partial charge in [-0.15, -0.1) is 0 Å². The number of methoxy groups -OCH3 is 2. The Bertz CT molecular complexity index is 546. The molecule has 0 atom stereocenters. The third kappa shape index (κ3) is 5.43. The lowest BCUT2D eigenvalue weighted by molar-refractivity contribution is -0.156. The fourth-order valence-electron chi connectivity index (χ4n) is 2.52. The van der Waals surface area contributed by atoms with Gasteiger partial charge in [-0.3, -0.25) is 9.69 Å². The zero-order valence-electron chi connectivity index (χ0n) is 14.7. The molecule has 0 radical (unpaired) electrons. The Morgan fingerprint density at radius 2 is 1.91 bits per heavy atom. The highest BCUT2D eigenvalue weighted by Gasteiger charge is 2.32. The number of hydrogen-bond donors (Lipinski definition) is 0. The van der Waals surface area contributed by atoms with Crippen LogP contribution in [0.1, 0.15) is 39.2 Å². The van der Waals surface area contributed by atoms with Gasteiger partial charge >= 0.3 is 5.97 Å². The number of esters is 1. The summed E-state index contributed by atoms with van der Waals surface area (Å²) in [6.07, 6.45) is 2.24. The molecule has 0 amide bonds. The number of rotatable bonds is 7. The minimum Gasteiger partial charge on any atom is -0.497 e. The molecule has 0 spiro atoms. The molecule has 1 aromatic rings. The number of nitrogens with zero attached hydrogens (tertiary/aromatic N) is 1. The van der Waals surface area contributed by atoms with Gasteiger partial charge in [-0.05, 0) is 51.8 Å². The van der Waals surface area contributed by atoms with Crippen molar-refractivity contribution in [2.24, 2.45) is 0 Å². The predicted molar refractivity (Wildman–Crippen MR) is 88.8 cm³/mol. The number of carbonyl (C=O) groups excluding carboxylic acids is 1. The minimum atomic E-state index is -0.458. The highest BCUT2D eigenvalue weighted by molar-refractivity contribution is 5.72. The molecular formula is C18H27NO4. The van der Waals surface area contributed by atoms with E-state index in [1.807, 2.05) is 39.0 Å². The number of benzene rings is 1. The second-order valence-corrected chi connectivity index (χ2v) is 6.90.